The fourth-order valence-electron chi connectivity index (χ4n) is 1.75. The third-order valence-electron chi connectivity index (χ3n) is 2.69. The van der Waals surface area contributed by atoms with Crippen molar-refractivity contribution < 1.29 is 0 Å². The second kappa shape index (κ2) is 4.64. The Balaban J connectivity index is 2.05. The van der Waals surface area contributed by atoms with Gasteiger partial charge in [-0.15, -0.1) is 0 Å². The summed E-state index contributed by atoms with van der Waals surface area (Å²) in [6.45, 7) is 0. The van der Waals surface area contributed by atoms with E-state index in [4.69, 9.17) is 23.2 Å². The topological polar surface area (TPSA) is 75.9 Å². The van der Waals surface area contributed by atoms with Crippen LogP contribution in [0.15, 0.2) is 29.2 Å². The van der Waals surface area contributed by atoms with E-state index >= 15 is 0 Å². The van der Waals surface area contributed by atoms with Crippen LogP contribution in [0.4, 0.5) is 0 Å². The summed E-state index contributed by atoms with van der Waals surface area (Å²) in [7, 11) is 0. The monoisotopic (exact) mass is 295 g/mol. The Hall–Kier alpha value is -1.92. The zero-order valence-corrected chi connectivity index (χ0v) is 11.0. The number of aromatic amines is 1. The molecule has 0 atom stereocenters. The average molecular weight is 296 g/mol. The van der Waals surface area contributed by atoms with Crippen LogP contribution < -0.4 is 5.56 Å². The molecule has 1 aromatic carbocycles. The van der Waals surface area contributed by atoms with Crippen molar-refractivity contribution in [2.24, 2.45) is 0 Å². The molecular weight excluding hydrogens is 289 g/mol. The Morgan fingerprint density at radius 1 is 1.26 bits per heavy atom. The van der Waals surface area contributed by atoms with Gasteiger partial charge in [0.05, 0.1) is 0 Å². The van der Waals surface area contributed by atoms with Crippen LogP contribution in [-0.2, 0) is 6.42 Å². The molecule has 2 heterocycles. The number of nitrogens with zero attached hydrogens (tertiary/aromatic N) is 4. The fraction of sp³-hybridized carbons (Fsp3) is 0.0909. The first kappa shape index (κ1) is 12.1. The minimum Gasteiger partial charge on any atom is -0.267 e. The standard InChI is InChI=1S/C11H7Cl2N5O/c12-8-2-1-6(9(13)4-8)3-7-5-14-11-15-16-17-18(11)10(7)19/h1-2,4-5H,3H2,(H,14,15,17). The van der Waals surface area contributed by atoms with E-state index in [0.717, 1.165) is 5.56 Å². The number of hydrogen-bond acceptors (Lipinski definition) is 4. The van der Waals surface area contributed by atoms with Gasteiger partial charge in [0.15, 0.2) is 0 Å². The molecule has 3 rings (SSSR count). The molecule has 0 aliphatic rings. The normalized spacial score (nSPS) is 11.1. The molecule has 3 aromatic rings. The molecule has 2 aromatic heterocycles. The summed E-state index contributed by atoms with van der Waals surface area (Å²) >= 11 is 11.9. The molecule has 0 amide bonds. The second-order valence-corrected chi connectivity index (χ2v) is 4.78. The Bertz CT molecular complexity index is 810. The molecule has 6 nitrogen and oxygen atoms in total. The summed E-state index contributed by atoms with van der Waals surface area (Å²) in [5, 5.41) is 10.7. The van der Waals surface area contributed by atoms with Crippen LogP contribution in [0.1, 0.15) is 11.1 Å². The SMILES string of the molecule is O=c1c(Cc2ccc(Cl)cc2Cl)cnc2nn[nH]n12. The molecule has 19 heavy (non-hydrogen) atoms. The highest BCUT2D eigenvalue weighted by atomic mass is 35.5. The van der Waals surface area contributed by atoms with Gasteiger partial charge in [0.2, 0.25) is 0 Å². The number of rotatable bonds is 2. The van der Waals surface area contributed by atoms with Crippen molar-refractivity contribution in [2.45, 2.75) is 6.42 Å². The average Bonchev–Trinajstić information content (AvgIpc) is 2.85. The highest BCUT2D eigenvalue weighted by Gasteiger charge is 2.10. The molecule has 0 aliphatic heterocycles. The number of tetrazole rings is 1. The van der Waals surface area contributed by atoms with E-state index in [1.165, 1.54) is 10.7 Å². The maximum Gasteiger partial charge on any atom is 0.278 e. The lowest BCUT2D eigenvalue weighted by Crippen LogP contribution is -2.20. The lowest BCUT2D eigenvalue weighted by Gasteiger charge is -2.04. The van der Waals surface area contributed by atoms with Gasteiger partial charge in [-0.2, -0.15) is 9.73 Å². The zero-order chi connectivity index (χ0) is 13.4. The first-order chi connectivity index (χ1) is 9.15. The summed E-state index contributed by atoms with van der Waals surface area (Å²) in [6, 6.07) is 5.15. The van der Waals surface area contributed by atoms with Gasteiger partial charge < -0.3 is 0 Å². The van der Waals surface area contributed by atoms with Gasteiger partial charge in [0.1, 0.15) is 0 Å². The van der Waals surface area contributed by atoms with Gasteiger partial charge in [0, 0.05) is 28.2 Å². The molecule has 0 spiro atoms. The molecule has 0 saturated heterocycles. The maximum atomic E-state index is 12.1. The van der Waals surface area contributed by atoms with Gasteiger partial charge in [-0.3, -0.25) is 4.79 Å². The van der Waals surface area contributed by atoms with Gasteiger partial charge in [-0.25, -0.2) is 4.98 Å². The Labute approximate surface area is 117 Å². The van der Waals surface area contributed by atoms with Gasteiger partial charge in [-0.1, -0.05) is 34.4 Å². The van der Waals surface area contributed by atoms with Crippen molar-refractivity contribution in [3.63, 3.8) is 0 Å². The minimum absolute atomic E-state index is 0.232. The lowest BCUT2D eigenvalue weighted by atomic mass is 10.1. The Morgan fingerprint density at radius 2 is 2.11 bits per heavy atom. The summed E-state index contributed by atoms with van der Waals surface area (Å²) in [6.07, 6.45) is 1.84. The summed E-state index contributed by atoms with van der Waals surface area (Å²) in [5.74, 6) is 0.232. The zero-order valence-electron chi connectivity index (χ0n) is 9.47. The van der Waals surface area contributed by atoms with Crippen LogP contribution in [-0.4, -0.2) is 25.0 Å². The van der Waals surface area contributed by atoms with E-state index < -0.39 is 0 Å². The van der Waals surface area contributed by atoms with E-state index in [1.807, 2.05) is 0 Å². The number of nitrogens with one attached hydrogen (secondary N) is 1. The molecule has 0 fully saturated rings. The molecule has 96 valence electrons. The molecule has 0 aliphatic carbocycles. The fourth-order valence-corrected chi connectivity index (χ4v) is 2.22. The van der Waals surface area contributed by atoms with Crippen molar-refractivity contribution >= 4 is 29.0 Å². The van der Waals surface area contributed by atoms with Crippen molar-refractivity contribution in [1.82, 2.24) is 25.0 Å². The molecular formula is C11H7Cl2N5O. The number of benzene rings is 1. The first-order valence-corrected chi connectivity index (χ1v) is 6.12. The second-order valence-electron chi connectivity index (χ2n) is 3.94. The smallest absolute Gasteiger partial charge is 0.267 e. The van der Waals surface area contributed by atoms with Crippen LogP contribution in [0.2, 0.25) is 10.0 Å². The number of hydrogen-bond donors (Lipinski definition) is 1. The van der Waals surface area contributed by atoms with Gasteiger partial charge in [-0.05, 0) is 22.9 Å². The van der Waals surface area contributed by atoms with Gasteiger partial charge >= 0.3 is 0 Å². The van der Waals surface area contributed by atoms with Crippen molar-refractivity contribution in [2.75, 3.05) is 0 Å². The predicted octanol–water partition coefficient (Wildman–Crippen LogP) is 1.71. The molecule has 0 saturated carbocycles. The van der Waals surface area contributed by atoms with Crippen LogP contribution in [0.25, 0.3) is 5.78 Å². The van der Waals surface area contributed by atoms with E-state index in [9.17, 15) is 4.79 Å². The Kier molecular flexibility index (Phi) is 2.96. The predicted molar refractivity (Wildman–Crippen MR) is 70.7 cm³/mol. The Morgan fingerprint density at radius 3 is 2.89 bits per heavy atom. The number of aromatic nitrogens is 5. The number of H-pyrrole nitrogens is 1. The molecule has 0 radical (unpaired) electrons. The quantitative estimate of drug-likeness (QED) is 0.781. The highest BCUT2D eigenvalue weighted by molar-refractivity contribution is 6.35. The third-order valence-corrected chi connectivity index (χ3v) is 3.28. The van der Waals surface area contributed by atoms with Crippen LogP contribution in [0.5, 0.6) is 0 Å². The molecule has 8 heteroatoms. The van der Waals surface area contributed by atoms with E-state index in [1.54, 1.807) is 18.2 Å². The third kappa shape index (κ3) is 2.20. The highest BCUT2D eigenvalue weighted by Crippen LogP contribution is 2.22. The molecule has 0 unspecified atom stereocenters. The summed E-state index contributed by atoms with van der Waals surface area (Å²) < 4.78 is 1.18. The van der Waals surface area contributed by atoms with Crippen molar-refractivity contribution in [3.8, 4) is 0 Å². The molecule has 0 bridgehead atoms. The number of halogens is 2. The number of fused-ring (bicyclic) bond motifs is 1. The first-order valence-electron chi connectivity index (χ1n) is 5.37. The van der Waals surface area contributed by atoms with Crippen molar-refractivity contribution in [1.29, 1.82) is 0 Å². The lowest BCUT2D eigenvalue weighted by molar-refractivity contribution is 0.791. The van der Waals surface area contributed by atoms with Crippen LogP contribution in [0, 0.1) is 0 Å². The van der Waals surface area contributed by atoms with E-state index in [0.29, 0.717) is 22.0 Å². The molecule has 1 N–H and O–H groups in total. The van der Waals surface area contributed by atoms with E-state index in [2.05, 4.69) is 20.5 Å². The van der Waals surface area contributed by atoms with Crippen LogP contribution >= 0.6 is 23.2 Å². The van der Waals surface area contributed by atoms with Crippen LogP contribution in [0.3, 0.4) is 0 Å². The summed E-state index contributed by atoms with van der Waals surface area (Å²) in [5.41, 5.74) is 1.05. The maximum absolute atomic E-state index is 12.1. The summed E-state index contributed by atoms with van der Waals surface area (Å²) in [4.78, 5) is 16.1. The van der Waals surface area contributed by atoms with E-state index in [-0.39, 0.29) is 11.3 Å². The minimum atomic E-state index is -0.249. The largest absolute Gasteiger partial charge is 0.278 e. The van der Waals surface area contributed by atoms with Crippen molar-refractivity contribution in [3.05, 3.63) is 55.9 Å². The van der Waals surface area contributed by atoms with Gasteiger partial charge in [0.25, 0.3) is 11.3 Å².